The van der Waals surface area contributed by atoms with Gasteiger partial charge in [0.1, 0.15) is 0 Å². The van der Waals surface area contributed by atoms with E-state index < -0.39 is 11.9 Å². The molecule has 0 radical (unpaired) electrons. The summed E-state index contributed by atoms with van der Waals surface area (Å²) >= 11 is 0. The first-order valence-electron chi connectivity index (χ1n) is 7.24. The molecule has 1 aromatic rings. The van der Waals surface area contributed by atoms with Crippen molar-refractivity contribution in [3.05, 3.63) is 57.9 Å². The number of allylic oxidation sites excluding steroid dienone is 1. The molecule has 2 heterocycles. The third kappa shape index (κ3) is 2.23. The van der Waals surface area contributed by atoms with E-state index in [0.717, 1.165) is 16.8 Å². The fraction of sp³-hybridized carbons (Fsp3) is 0.294. The van der Waals surface area contributed by atoms with Gasteiger partial charge in [-0.05, 0) is 25.0 Å². The SMILES string of the molecule is CC1=C(C(=O)O)C(c2ccccc2C)C2=C(CNCC2=O)N1. The third-order valence-corrected chi connectivity index (χ3v) is 4.26. The number of benzene rings is 1. The molecule has 0 saturated heterocycles. The largest absolute Gasteiger partial charge is 0.478 e. The number of rotatable bonds is 2. The van der Waals surface area contributed by atoms with Crippen LogP contribution in [0.25, 0.3) is 0 Å². The van der Waals surface area contributed by atoms with E-state index in [9.17, 15) is 14.7 Å². The molecule has 3 N–H and O–H groups in total. The number of nitrogens with one attached hydrogen (secondary N) is 2. The van der Waals surface area contributed by atoms with Crippen LogP contribution in [0.4, 0.5) is 0 Å². The van der Waals surface area contributed by atoms with Gasteiger partial charge >= 0.3 is 5.97 Å². The minimum absolute atomic E-state index is 0.0479. The molecule has 5 heteroatoms. The number of carbonyl (C=O) groups is 2. The van der Waals surface area contributed by atoms with Crippen LogP contribution in [0.3, 0.4) is 0 Å². The van der Waals surface area contributed by atoms with Crippen LogP contribution in [-0.4, -0.2) is 29.9 Å². The van der Waals surface area contributed by atoms with Gasteiger partial charge in [-0.25, -0.2) is 4.79 Å². The molecule has 0 aliphatic carbocycles. The number of carboxylic acid groups (broad SMARTS) is 1. The van der Waals surface area contributed by atoms with Gasteiger partial charge in [-0.3, -0.25) is 4.79 Å². The fourth-order valence-electron chi connectivity index (χ4n) is 3.27. The van der Waals surface area contributed by atoms with Crippen molar-refractivity contribution in [1.29, 1.82) is 0 Å². The number of ketones is 1. The first-order chi connectivity index (χ1) is 10.5. The van der Waals surface area contributed by atoms with Crippen LogP contribution < -0.4 is 10.6 Å². The maximum absolute atomic E-state index is 12.4. The molecular weight excluding hydrogens is 280 g/mol. The summed E-state index contributed by atoms with van der Waals surface area (Å²) in [5.74, 6) is -1.55. The summed E-state index contributed by atoms with van der Waals surface area (Å²) < 4.78 is 0. The van der Waals surface area contributed by atoms with Gasteiger partial charge < -0.3 is 15.7 Å². The molecule has 114 valence electrons. The molecule has 1 unspecified atom stereocenters. The topological polar surface area (TPSA) is 78.4 Å². The van der Waals surface area contributed by atoms with E-state index in [4.69, 9.17) is 0 Å². The number of carbonyl (C=O) groups excluding carboxylic acids is 1. The minimum Gasteiger partial charge on any atom is -0.478 e. The molecule has 2 aliphatic rings. The van der Waals surface area contributed by atoms with Crippen molar-refractivity contribution in [2.45, 2.75) is 19.8 Å². The highest BCUT2D eigenvalue weighted by Crippen LogP contribution is 2.40. The van der Waals surface area contributed by atoms with Gasteiger partial charge in [0.05, 0.1) is 12.1 Å². The van der Waals surface area contributed by atoms with Crippen molar-refractivity contribution in [2.24, 2.45) is 0 Å². The van der Waals surface area contributed by atoms with Crippen LogP contribution in [0.15, 0.2) is 46.8 Å². The normalized spacial score (nSPS) is 21.5. The Balaban J connectivity index is 2.24. The summed E-state index contributed by atoms with van der Waals surface area (Å²) in [6, 6.07) is 7.64. The van der Waals surface area contributed by atoms with Crippen LogP contribution in [0.5, 0.6) is 0 Å². The lowest BCUT2D eigenvalue weighted by Crippen LogP contribution is -2.43. The highest BCUT2D eigenvalue weighted by molar-refractivity contribution is 6.04. The predicted octanol–water partition coefficient (Wildman–Crippen LogP) is 1.47. The van der Waals surface area contributed by atoms with Crippen LogP contribution >= 0.6 is 0 Å². The Morgan fingerprint density at radius 3 is 2.64 bits per heavy atom. The van der Waals surface area contributed by atoms with E-state index in [0.29, 0.717) is 17.8 Å². The standard InChI is InChI=1S/C17H18N2O3/c1-9-5-3-4-6-11(9)15-14(17(21)22)10(2)19-12-7-18-8-13(20)16(12)15/h3-6,15,18-19H,7-8H2,1-2H3,(H,21,22). The van der Waals surface area contributed by atoms with Crippen molar-refractivity contribution in [3.8, 4) is 0 Å². The van der Waals surface area contributed by atoms with Gasteiger partial charge in [-0.15, -0.1) is 0 Å². The summed E-state index contributed by atoms with van der Waals surface area (Å²) in [5.41, 5.74) is 4.07. The minimum atomic E-state index is -0.990. The average Bonchev–Trinajstić information content (AvgIpc) is 2.46. The lowest BCUT2D eigenvalue weighted by Gasteiger charge is -2.34. The molecule has 0 bridgehead atoms. The van der Waals surface area contributed by atoms with Crippen LogP contribution in [0.1, 0.15) is 24.0 Å². The molecule has 3 rings (SSSR count). The smallest absolute Gasteiger partial charge is 0.334 e. The van der Waals surface area contributed by atoms with E-state index in [1.165, 1.54) is 0 Å². The first-order valence-corrected chi connectivity index (χ1v) is 7.24. The zero-order valence-corrected chi connectivity index (χ0v) is 12.6. The lowest BCUT2D eigenvalue weighted by atomic mass is 9.76. The number of carboxylic acids is 1. The van der Waals surface area contributed by atoms with Crippen molar-refractivity contribution in [1.82, 2.24) is 10.6 Å². The molecule has 0 fully saturated rings. The van der Waals surface area contributed by atoms with E-state index in [1.807, 2.05) is 31.2 Å². The van der Waals surface area contributed by atoms with E-state index >= 15 is 0 Å². The lowest BCUT2D eigenvalue weighted by molar-refractivity contribution is -0.133. The Morgan fingerprint density at radius 2 is 1.95 bits per heavy atom. The van der Waals surface area contributed by atoms with Gasteiger partial charge in [-0.2, -0.15) is 0 Å². The Hall–Kier alpha value is -2.40. The monoisotopic (exact) mass is 298 g/mol. The van der Waals surface area contributed by atoms with Gasteiger partial charge in [0.15, 0.2) is 5.78 Å². The molecule has 22 heavy (non-hydrogen) atoms. The second-order valence-electron chi connectivity index (χ2n) is 5.68. The number of Topliss-reactive ketones (excluding diaryl/α,β-unsaturated/α-hetero) is 1. The third-order valence-electron chi connectivity index (χ3n) is 4.26. The maximum atomic E-state index is 12.4. The molecular formula is C17H18N2O3. The summed E-state index contributed by atoms with van der Waals surface area (Å²) in [6.45, 7) is 4.48. The fourth-order valence-corrected chi connectivity index (χ4v) is 3.27. The van der Waals surface area contributed by atoms with Crippen molar-refractivity contribution < 1.29 is 14.7 Å². The molecule has 2 aliphatic heterocycles. The number of dihydropyridines is 1. The molecule has 1 aromatic carbocycles. The van der Waals surface area contributed by atoms with Gasteiger partial charge in [0.25, 0.3) is 0 Å². The molecule has 0 amide bonds. The number of aryl methyl sites for hydroxylation is 1. The molecule has 0 saturated carbocycles. The van der Waals surface area contributed by atoms with Crippen molar-refractivity contribution >= 4 is 11.8 Å². The van der Waals surface area contributed by atoms with Gasteiger partial charge in [0, 0.05) is 29.4 Å². The Bertz CT molecular complexity index is 731. The Kier molecular flexibility index (Phi) is 3.58. The summed E-state index contributed by atoms with van der Waals surface area (Å²) in [4.78, 5) is 24.2. The Morgan fingerprint density at radius 1 is 1.23 bits per heavy atom. The maximum Gasteiger partial charge on any atom is 0.334 e. The van der Waals surface area contributed by atoms with Gasteiger partial charge in [-0.1, -0.05) is 24.3 Å². The highest BCUT2D eigenvalue weighted by Gasteiger charge is 2.38. The molecule has 0 aromatic heterocycles. The van der Waals surface area contributed by atoms with Gasteiger partial charge in [0.2, 0.25) is 0 Å². The van der Waals surface area contributed by atoms with E-state index in [1.54, 1.807) is 6.92 Å². The summed E-state index contributed by atoms with van der Waals surface area (Å²) in [5, 5.41) is 15.8. The second kappa shape index (κ2) is 5.42. The molecule has 0 spiro atoms. The zero-order chi connectivity index (χ0) is 15.9. The number of hydrogen-bond donors (Lipinski definition) is 3. The van der Waals surface area contributed by atoms with Crippen molar-refractivity contribution in [2.75, 3.05) is 13.1 Å². The second-order valence-corrected chi connectivity index (χ2v) is 5.68. The zero-order valence-electron chi connectivity index (χ0n) is 12.6. The van der Waals surface area contributed by atoms with E-state index in [2.05, 4.69) is 10.6 Å². The number of aliphatic carboxylic acids is 1. The molecule has 1 atom stereocenters. The average molecular weight is 298 g/mol. The summed E-state index contributed by atoms with van der Waals surface area (Å²) in [6.07, 6.45) is 0. The Labute approximate surface area is 128 Å². The van der Waals surface area contributed by atoms with Crippen LogP contribution in [0.2, 0.25) is 0 Å². The highest BCUT2D eigenvalue weighted by atomic mass is 16.4. The van der Waals surface area contributed by atoms with Crippen LogP contribution in [0, 0.1) is 6.92 Å². The number of hydrogen-bond acceptors (Lipinski definition) is 4. The van der Waals surface area contributed by atoms with Crippen molar-refractivity contribution in [3.63, 3.8) is 0 Å². The first kappa shape index (κ1) is 14.5. The van der Waals surface area contributed by atoms with E-state index in [-0.39, 0.29) is 17.9 Å². The molecule has 5 nitrogen and oxygen atoms in total. The van der Waals surface area contributed by atoms with Crippen LogP contribution in [-0.2, 0) is 9.59 Å². The summed E-state index contributed by atoms with van der Waals surface area (Å²) in [7, 11) is 0. The quantitative estimate of drug-likeness (QED) is 0.770. The predicted molar refractivity (Wildman–Crippen MR) is 82.3 cm³/mol.